The van der Waals surface area contributed by atoms with E-state index in [4.69, 9.17) is 0 Å². The quantitative estimate of drug-likeness (QED) is 0.381. The summed E-state index contributed by atoms with van der Waals surface area (Å²) in [5.41, 5.74) is 9.38. The Morgan fingerprint density at radius 2 is 0.690 bits per heavy atom. The van der Waals surface area contributed by atoms with Gasteiger partial charge in [0.2, 0.25) is 0 Å². The largest absolute Gasteiger partial charge is 0.356 e. The van der Waals surface area contributed by atoms with Gasteiger partial charge in [-0.1, -0.05) is 53.1 Å². The predicted molar refractivity (Wildman–Crippen MR) is 125 cm³/mol. The first-order valence-corrected chi connectivity index (χ1v) is 9.96. The number of hydrogen-bond donors (Lipinski definition) is 1. The topological polar surface area (TPSA) is 15.3 Å². The van der Waals surface area contributed by atoms with Crippen LogP contribution in [0.1, 0.15) is 16.7 Å². The standard InChI is InChI=1S/C27H26N2/c1-20-4-10-23(11-5-20)28-24-12-18-27(19-13-24)29(25-14-6-21(2)7-15-25)26-16-8-22(3)9-17-26/h4-19,28H,1-3H3. The molecule has 0 aliphatic heterocycles. The van der Waals surface area contributed by atoms with Crippen LogP contribution in [0.2, 0.25) is 0 Å². The molecule has 0 unspecified atom stereocenters. The molecule has 4 aromatic carbocycles. The van der Waals surface area contributed by atoms with Crippen LogP contribution in [0.3, 0.4) is 0 Å². The highest BCUT2D eigenvalue weighted by atomic mass is 15.1. The second kappa shape index (κ2) is 8.24. The van der Waals surface area contributed by atoms with Crippen molar-refractivity contribution >= 4 is 28.4 Å². The van der Waals surface area contributed by atoms with Gasteiger partial charge < -0.3 is 10.2 Å². The van der Waals surface area contributed by atoms with Crippen LogP contribution in [-0.2, 0) is 0 Å². The summed E-state index contributed by atoms with van der Waals surface area (Å²) in [6.07, 6.45) is 0. The SMILES string of the molecule is Cc1ccc(Nc2ccc(N(c3ccc(C)cc3)c3ccc(C)cc3)cc2)cc1. The highest BCUT2D eigenvalue weighted by molar-refractivity contribution is 5.78. The van der Waals surface area contributed by atoms with E-state index in [1.807, 2.05) is 0 Å². The lowest BCUT2D eigenvalue weighted by Gasteiger charge is -2.26. The zero-order chi connectivity index (χ0) is 20.2. The van der Waals surface area contributed by atoms with Crippen molar-refractivity contribution in [2.75, 3.05) is 10.2 Å². The second-order valence-electron chi connectivity index (χ2n) is 7.54. The Kier molecular flexibility index (Phi) is 5.35. The molecule has 0 saturated carbocycles. The average Bonchev–Trinajstić information content (AvgIpc) is 2.74. The van der Waals surface area contributed by atoms with Gasteiger partial charge in [0.25, 0.3) is 0 Å². The van der Waals surface area contributed by atoms with E-state index in [-0.39, 0.29) is 0 Å². The molecule has 0 radical (unpaired) electrons. The normalized spacial score (nSPS) is 10.6. The van der Waals surface area contributed by atoms with E-state index >= 15 is 0 Å². The van der Waals surface area contributed by atoms with Crippen LogP contribution in [0.15, 0.2) is 97.1 Å². The van der Waals surface area contributed by atoms with Crippen LogP contribution >= 0.6 is 0 Å². The summed E-state index contributed by atoms with van der Waals surface area (Å²) in [5.74, 6) is 0. The minimum absolute atomic E-state index is 1.07. The van der Waals surface area contributed by atoms with Crippen LogP contribution in [-0.4, -0.2) is 0 Å². The Balaban J connectivity index is 1.66. The number of hydrogen-bond acceptors (Lipinski definition) is 2. The molecule has 0 saturated heterocycles. The van der Waals surface area contributed by atoms with Gasteiger partial charge in [-0.25, -0.2) is 0 Å². The van der Waals surface area contributed by atoms with Gasteiger partial charge >= 0.3 is 0 Å². The van der Waals surface area contributed by atoms with Crippen molar-refractivity contribution in [2.24, 2.45) is 0 Å². The zero-order valence-corrected chi connectivity index (χ0v) is 17.2. The Hall–Kier alpha value is -3.52. The van der Waals surface area contributed by atoms with E-state index < -0.39 is 0 Å². The lowest BCUT2D eigenvalue weighted by molar-refractivity contribution is 1.27. The molecule has 4 aromatic rings. The summed E-state index contributed by atoms with van der Waals surface area (Å²) < 4.78 is 0. The minimum Gasteiger partial charge on any atom is -0.356 e. The molecule has 0 aromatic heterocycles. The van der Waals surface area contributed by atoms with Crippen LogP contribution in [0.25, 0.3) is 0 Å². The molecule has 0 aliphatic rings. The Morgan fingerprint density at radius 1 is 0.414 bits per heavy atom. The van der Waals surface area contributed by atoms with Crippen molar-refractivity contribution in [2.45, 2.75) is 20.8 Å². The van der Waals surface area contributed by atoms with Gasteiger partial charge in [0, 0.05) is 28.4 Å². The summed E-state index contributed by atoms with van der Waals surface area (Å²) in [6.45, 7) is 6.33. The molecule has 4 rings (SSSR count). The summed E-state index contributed by atoms with van der Waals surface area (Å²) in [5, 5.41) is 3.47. The van der Waals surface area contributed by atoms with Gasteiger partial charge in [0.15, 0.2) is 0 Å². The Morgan fingerprint density at radius 3 is 1.07 bits per heavy atom. The van der Waals surface area contributed by atoms with E-state index in [9.17, 15) is 0 Å². The van der Waals surface area contributed by atoms with Crippen molar-refractivity contribution in [1.29, 1.82) is 0 Å². The number of aryl methyl sites for hydroxylation is 3. The Labute approximate surface area is 173 Å². The third-order valence-electron chi connectivity index (χ3n) is 5.05. The van der Waals surface area contributed by atoms with Crippen molar-refractivity contribution in [3.63, 3.8) is 0 Å². The fourth-order valence-electron chi connectivity index (χ4n) is 3.33. The second-order valence-corrected chi connectivity index (χ2v) is 7.54. The highest BCUT2D eigenvalue weighted by Crippen LogP contribution is 2.35. The molecule has 1 N–H and O–H groups in total. The molecule has 0 spiro atoms. The van der Waals surface area contributed by atoms with Crippen molar-refractivity contribution in [3.05, 3.63) is 114 Å². The van der Waals surface area contributed by atoms with Gasteiger partial charge in [-0.2, -0.15) is 0 Å². The van der Waals surface area contributed by atoms with Gasteiger partial charge in [-0.05, 0) is 81.4 Å². The molecule has 144 valence electrons. The molecule has 0 atom stereocenters. The number of nitrogens with one attached hydrogen (secondary N) is 1. The number of nitrogens with zero attached hydrogens (tertiary/aromatic N) is 1. The van der Waals surface area contributed by atoms with Crippen LogP contribution < -0.4 is 10.2 Å². The molecule has 0 aliphatic carbocycles. The highest BCUT2D eigenvalue weighted by Gasteiger charge is 2.12. The fraction of sp³-hybridized carbons (Fsp3) is 0.111. The molecule has 0 bridgehead atoms. The molecule has 0 amide bonds. The van der Waals surface area contributed by atoms with Gasteiger partial charge in [0.1, 0.15) is 0 Å². The molecule has 0 heterocycles. The first-order valence-electron chi connectivity index (χ1n) is 9.96. The Bertz CT molecular complexity index is 1020. The maximum Gasteiger partial charge on any atom is 0.0463 e. The van der Waals surface area contributed by atoms with Crippen molar-refractivity contribution < 1.29 is 0 Å². The number of anilines is 5. The zero-order valence-electron chi connectivity index (χ0n) is 17.2. The third-order valence-corrected chi connectivity index (χ3v) is 5.05. The van der Waals surface area contributed by atoms with E-state index in [1.165, 1.54) is 16.7 Å². The van der Waals surface area contributed by atoms with E-state index in [0.717, 1.165) is 28.4 Å². The summed E-state index contributed by atoms with van der Waals surface area (Å²) in [6, 6.07) is 34.4. The summed E-state index contributed by atoms with van der Waals surface area (Å²) in [4.78, 5) is 2.29. The molecule has 0 fully saturated rings. The minimum atomic E-state index is 1.07. The maximum absolute atomic E-state index is 3.47. The van der Waals surface area contributed by atoms with Crippen LogP contribution in [0.5, 0.6) is 0 Å². The predicted octanol–water partition coefficient (Wildman–Crippen LogP) is 7.83. The number of rotatable bonds is 5. The van der Waals surface area contributed by atoms with Gasteiger partial charge in [-0.15, -0.1) is 0 Å². The van der Waals surface area contributed by atoms with E-state index in [1.54, 1.807) is 0 Å². The monoisotopic (exact) mass is 378 g/mol. The van der Waals surface area contributed by atoms with Crippen molar-refractivity contribution in [1.82, 2.24) is 0 Å². The van der Waals surface area contributed by atoms with E-state index in [0.29, 0.717) is 0 Å². The maximum atomic E-state index is 3.47. The van der Waals surface area contributed by atoms with Gasteiger partial charge in [-0.3, -0.25) is 0 Å². The van der Waals surface area contributed by atoms with E-state index in [2.05, 4.69) is 128 Å². The lowest BCUT2D eigenvalue weighted by atomic mass is 10.1. The van der Waals surface area contributed by atoms with Crippen molar-refractivity contribution in [3.8, 4) is 0 Å². The molecular formula is C27H26N2. The molecule has 2 heteroatoms. The lowest BCUT2D eigenvalue weighted by Crippen LogP contribution is -2.09. The summed E-state index contributed by atoms with van der Waals surface area (Å²) in [7, 11) is 0. The molecular weight excluding hydrogens is 352 g/mol. The number of benzene rings is 4. The first kappa shape index (κ1) is 18.8. The molecule has 2 nitrogen and oxygen atoms in total. The van der Waals surface area contributed by atoms with Gasteiger partial charge in [0.05, 0.1) is 0 Å². The third kappa shape index (κ3) is 4.49. The van der Waals surface area contributed by atoms with Crippen LogP contribution in [0, 0.1) is 20.8 Å². The molecule has 29 heavy (non-hydrogen) atoms. The van der Waals surface area contributed by atoms with Crippen LogP contribution in [0.4, 0.5) is 28.4 Å². The first-order chi connectivity index (χ1) is 14.1. The fourth-order valence-corrected chi connectivity index (χ4v) is 3.33. The summed E-state index contributed by atoms with van der Waals surface area (Å²) >= 11 is 0. The average molecular weight is 379 g/mol. The smallest absolute Gasteiger partial charge is 0.0463 e.